The maximum absolute atomic E-state index is 10.7. The summed E-state index contributed by atoms with van der Waals surface area (Å²) in [4.78, 5) is 14.8. The van der Waals surface area contributed by atoms with Gasteiger partial charge in [0.05, 0.1) is 5.56 Å². The summed E-state index contributed by atoms with van der Waals surface area (Å²) in [6, 6.07) is 1.88. The Balaban J connectivity index is 2.36. The van der Waals surface area contributed by atoms with Crippen molar-refractivity contribution in [1.82, 2.24) is 4.98 Å². The third-order valence-electron chi connectivity index (χ3n) is 2.55. The molecule has 1 heterocycles. The fraction of sp³-hybridized carbons (Fsp3) is 0.400. The standard InChI is InChI=1S/C10H12N2O2/c11-8-2-1-6-3-7(10(13)14)5-12-9(6)4-8/h3,5,8H,1-2,4,11H2,(H,13,14). The summed E-state index contributed by atoms with van der Waals surface area (Å²) in [6.07, 6.45) is 3.91. The SMILES string of the molecule is NC1CCc2cc(C(=O)O)cnc2C1. The van der Waals surface area contributed by atoms with Crippen molar-refractivity contribution in [2.24, 2.45) is 5.73 Å². The van der Waals surface area contributed by atoms with Crippen molar-refractivity contribution < 1.29 is 9.90 Å². The fourth-order valence-corrected chi connectivity index (χ4v) is 1.75. The molecule has 0 bridgehead atoms. The first-order chi connectivity index (χ1) is 6.66. The van der Waals surface area contributed by atoms with Gasteiger partial charge < -0.3 is 10.8 Å². The molecule has 0 aromatic carbocycles. The molecular formula is C10H12N2O2. The number of carboxylic acids is 1. The van der Waals surface area contributed by atoms with Gasteiger partial charge in [-0.25, -0.2) is 4.79 Å². The zero-order valence-electron chi connectivity index (χ0n) is 7.73. The van der Waals surface area contributed by atoms with Crippen molar-refractivity contribution >= 4 is 5.97 Å². The first-order valence-electron chi connectivity index (χ1n) is 4.63. The van der Waals surface area contributed by atoms with E-state index in [2.05, 4.69) is 4.98 Å². The quantitative estimate of drug-likeness (QED) is 0.683. The van der Waals surface area contributed by atoms with Crippen LogP contribution >= 0.6 is 0 Å². The van der Waals surface area contributed by atoms with E-state index in [0.717, 1.165) is 30.5 Å². The number of aromatic nitrogens is 1. The minimum absolute atomic E-state index is 0.172. The second-order valence-electron chi connectivity index (χ2n) is 3.64. The van der Waals surface area contributed by atoms with Crippen LogP contribution < -0.4 is 5.73 Å². The van der Waals surface area contributed by atoms with Gasteiger partial charge in [0.15, 0.2) is 0 Å². The van der Waals surface area contributed by atoms with Crippen LogP contribution in [-0.4, -0.2) is 22.1 Å². The molecule has 4 heteroatoms. The maximum atomic E-state index is 10.7. The van der Waals surface area contributed by atoms with Gasteiger partial charge in [-0.05, 0) is 24.5 Å². The van der Waals surface area contributed by atoms with Crippen molar-refractivity contribution in [3.8, 4) is 0 Å². The van der Waals surface area contributed by atoms with E-state index >= 15 is 0 Å². The average Bonchev–Trinajstić information content (AvgIpc) is 2.16. The number of pyridine rings is 1. The van der Waals surface area contributed by atoms with E-state index in [1.54, 1.807) is 6.07 Å². The number of fused-ring (bicyclic) bond motifs is 1. The lowest BCUT2D eigenvalue weighted by Crippen LogP contribution is -2.28. The van der Waals surface area contributed by atoms with Crippen LogP contribution in [0.4, 0.5) is 0 Å². The van der Waals surface area contributed by atoms with Crippen molar-refractivity contribution in [3.05, 3.63) is 29.1 Å². The maximum Gasteiger partial charge on any atom is 0.337 e. The Labute approximate surface area is 81.8 Å². The summed E-state index contributed by atoms with van der Waals surface area (Å²) in [5.41, 5.74) is 8.04. The summed E-state index contributed by atoms with van der Waals surface area (Å²) in [7, 11) is 0. The molecule has 0 amide bonds. The van der Waals surface area contributed by atoms with Crippen molar-refractivity contribution in [3.63, 3.8) is 0 Å². The molecule has 1 atom stereocenters. The van der Waals surface area contributed by atoms with Crippen LogP contribution in [0.15, 0.2) is 12.3 Å². The van der Waals surface area contributed by atoms with E-state index in [1.165, 1.54) is 6.20 Å². The molecule has 0 spiro atoms. The summed E-state index contributed by atoms with van der Waals surface area (Å²) in [5, 5.41) is 8.77. The van der Waals surface area contributed by atoms with E-state index in [9.17, 15) is 4.79 Å². The van der Waals surface area contributed by atoms with Gasteiger partial charge in [-0.15, -0.1) is 0 Å². The normalized spacial score (nSPS) is 20.2. The highest BCUT2D eigenvalue weighted by atomic mass is 16.4. The second-order valence-corrected chi connectivity index (χ2v) is 3.64. The number of nitrogens with zero attached hydrogens (tertiary/aromatic N) is 1. The predicted molar refractivity (Wildman–Crippen MR) is 51.2 cm³/mol. The van der Waals surface area contributed by atoms with Gasteiger partial charge in [-0.3, -0.25) is 4.98 Å². The van der Waals surface area contributed by atoms with Gasteiger partial charge >= 0.3 is 5.97 Å². The molecule has 0 saturated heterocycles. The average molecular weight is 192 g/mol. The molecule has 1 aromatic heterocycles. The molecule has 3 N–H and O–H groups in total. The predicted octanol–water partition coefficient (Wildman–Crippen LogP) is 0.596. The van der Waals surface area contributed by atoms with Gasteiger partial charge in [-0.1, -0.05) is 0 Å². The number of hydrogen-bond acceptors (Lipinski definition) is 3. The highest BCUT2D eigenvalue weighted by molar-refractivity contribution is 5.87. The molecule has 1 unspecified atom stereocenters. The van der Waals surface area contributed by atoms with Gasteiger partial charge in [0.2, 0.25) is 0 Å². The molecular weight excluding hydrogens is 180 g/mol. The number of rotatable bonds is 1. The van der Waals surface area contributed by atoms with Crippen LogP contribution in [0.1, 0.15) is 28.0 Å². The minimum Gasteiger partial charge on any atom is -0.478 e. The van der Waals surface area contributed by atoms with Gasteiger partial charge in [0.1, 0.15) is 0 Å². The third-order valence-corrected chi connectivity index (χ3v) is 2.55. The molecule has 1 aliphatic rings. The zero-order valence-corrected chi connectivity index (χ0v) is 7.73. The molecule has 0 radical (unpaired) electrons. The molecule has 0 fully saturated rings. The summed E-state index contributed by atoms with van der Waals surface area (Å²) >= 11 is 0. The molecule has 4 nitrogen and oxygen atoms in total. The topological polar surface area (TPSA) is 76.2 Å². The molecule has 0 aliphatic heterocycles. The molecule has 1 aromatic rings. The Kier molecular flexibility index (Phi) is 2.21. The smallest absolute Gasteiger partial charge is 0.337 e. The number of carbonyl (C=O) groups is 1. The summed E-state index contributed by atoms with van der Waals surface area (Å²) in [5.74, 6) is -0.921. The van der Waals surface area contributed by atoms with Crippen LogP contribution in [-0.2, 0) is 12.8 Å². The zero-order chi connectivity index (χ0) is 10.1. The first kappa shape index (κ1) is 9.15. The van der Waals surface area contributed by atoms with Crippen LogP contribution in [0, 0.1) is 0 Å². The Morgan fingerprint density at radius 1 is 1.64 bits per heavy atom. The van der Waals surface area contributed by atoms with Gasteiger partial charge in [-0.2, -0.15) is 0 Å². The molecule has 0 saturated carbocycles. The Morgan fingerprint density at radius 3 is 3.14 bits per heavy atom. The van der Waals surface area contributed by atoms with E-state index in [4.69, 9.17) is 10.8 Å². The number of nitrogens with two attached hydrogens (primary N) is 1. The monoisotopic (exact) mass is 192 g/mol. The van der Waals surface area contributed by atoms with E-state index in [1.807, 2.05) is 0 Å². The second kappa shape index (κ2) is 3.38. The van der Waals surface area contributed by atoms with Crippen molar-refractivity contribution in [2.45, 2.75) is 25.3 Å². The van der Waals surface area contributed by atoms with Crippen LogP contribution in [0.5, 0.6) is 0 Å². The summed E-state index contributed by atoms with van der Waals surface area (Å²) in [6.45, 7) is 0. The third kappa shape index (κ3) is 1.61. The van der Waals surface area contributed by atoms with Crippen molar-refractivity contribution in [2.75, 3.05) is 0 Å². The van der Waals surface area contributed by atoms with Crippen molar-refractivity contribution in [1.29, 1.82) is 0 Å². The van der Waals surface area contributed by atoms with E-state index < -0.39 is 5.97 Å². The molecule has 1 aliphatic carbocycles. The largest absolute Gasteiger partial charge is 0.478 e. The molecule has 2 rings (SSSR count). The van der Waals surface area contributed by atoms with Gasteiger partial charge in [0.25, 0.3) is 0 Å². The summed E-state index contributed by atoms with van der Waals surface area (Å²) < 4.78 is 0. The molecule has 74 valence electrons. The Morgan fingerprint density at radius 2 is 2.43 bits per heavy atom. The van der Waals surface area contributed by atoms with E-state index in [0.29, 0.717) is 0 Å². The number of carboxylic acid groups (broad SMARTS) is 1. The highest BCUT2D eigenvalue weighted by Crippen LogP contribution is 2.19. The molecule has 14 heavy (non-hydrogen) atoms. The number of aryl methyl sites for hydroxylation is 1. The van der Waals surface area contributed by atoms with Crippen LogP contribution in [0.2, 0.25) is 0 Å². The number of aromatic carboxylic acids is 1. The Bertz CT molecular complexity index is 376. The lowest BCUT2D eigenvalue weighted by atomic mass is 9.92. The fourth-order valence-electron chi connectivity index (χ4n) is 1.75. The van der Waals surface area contributed by atoms with Crippen LogP contribution in [0.3, 0.4) is 0 Å². The van der Waals surface area contributed by atoms with Crippen LogP contribution in [0.25, 0.3) is 0 Å². The Hall–Kier alpha value is -1.42. The van der Waals surface area contributed by atoms with Gasteiger partial charge in [0, 0.05) is 24.4 Å². The lowest BCUT2D eigenvalue weighted by molar-refractivity contribution is 0.0696. The lowest BCUT2D eigenvalue weighted by Gasteiger charge is -2.20. The highest BCUT2D eigenvalue weighted by Gasteiger charge is 2.17. The first-order valence-corrected chi connectivity index (χ1v) is 4.63. The van der Waals surface area contributed by atoms with E-state index in [-0.39, 0.29) is 11.6 Å². The minimum atomic E-state index is -0.921. The number of hydrogen-bond donors (Lipinski definition) is 2.